The van der Waals surface area contributed by atoms with Crippen LogP contribution in [-0.2, 0) is 65.2 Å². The molecule has 0 spiro atoms. The van der Waals surface area contributed by atoms with Gasteiger partial charge in [0.15, 0.2) is 0 Å². The summed E-state index contributed by atoms with van der Waals surface area (Å²) in [6.07, 6.45) is 0. The fourth-order valence-corrected chi connectivity index (χ4v) is 3.54. The monoisotopic (exact) mass is 658 g/mol. The minimum atomic E-state index is -1.61. The predicted octanol–water partition coefficient (Wildman–Crippen LogP) is -4.15. The normalized spacial score (nSPS) is 9.56. The zero-order chi connectivity index (χ0) is 28.3. The molecule has 0 aliphatic carbocycles. The summed E-state index contributed by atoms with van der Waals surface area (Å²) in [5.41, 5.74) is -1.91. The van der Waals surface area contributed by atoms with Gasteiger partial charge in [-0.3, -0.25) is 0 Å². The van der Waals surface area contributed by atoms with Gasteiger partial charge < -0.3 is 59.4 Å². The molecule has 198 valence electrons. The quantitative estimate of drug-likeness (QED) is 0.180. The molecule has 0 N–H and O–H groups in total. The summed E-state index contributed by atoms with van der Waals surface area (Å²) in [6, 6.07) is 11.3. The van der Waals surface area contributed by atoms with Crippen molar-refractivity contribution in [2.75, 3.05) is 0 Å². The van der Waals surface area contributed by atoms with Crippen molar-refractivity contribution in [3.05, 3.63) is 94.0 Å². The zero-order valence-corrected chi connectivity index (χ0v) is 24.9. The average molecular weight is 658 g/mol. The van der Waals surface area contributed by atoms with Crippen molar-refractivity contribution in [1.82, 2.24) is 0 Å². The van der Waals surface area contributed by atoms with E-state index in [1.54, 1.807) is 0 Å². The maximum Gasteiger partial charge on any atom is 2.00 e. The summed E-state index contributed by atoms with van der Waals surface area (Å²) < 4.78 is 0. The largest absolute Gasteiger partial charge is 2.00 e. The van der Waals surface area contributed by atoms with Crippen LogP contribution in [0.4, 0.5) is 0 Å². The van der Waals surface area contributed by atoms with Crippen molar-refractivity contribution in [1.29, 1.82) is 0 Å². The molecule has 0 saturated heterocycles. The molecule has 0 aliphatic rings. The fourth-order valence-electron chi connectivity index (χ4n) is 3.54. The van der Waals surface area contributed by atoms with Crippen LogP contribution >= 0.6 is 0 Å². The molecular weight excluding hydrogens is 648 g/mol. The van der Waals surface area contributed by atoms with E-state index in [0.717, 1.165) is 24.3 Å². The van der Waals surface area contributed by atoms with Crippen molar-refractivity contribution in [2.45, 2.75) is 0 Å². The Morgan fingerprint density at radius 1 is 0.366 bits per heavy atom. The minimum Gasteiger partial charge on any atom is -0.545 e. The molecule has 0 radical (unpaired) electrons. The summed E-state index contributed by atoms with van der Waals surface area (Å²) in [5.74, 6) is -9.21. The van der Waals surface area contributed by atoms with Crippen LogP contribution in [0, 0.1) is 0 Å². The number of carboxylic acid groups (broad SMARTS) is 6. The Balaban J connectivity index is 0.000000727. The number of benzene rings is 4. The minimum absolute atomic E-state index is 0. The molecule has 4 aromatic rings. The second-order valence-electron chi connectivity index (χ2n) is 7.64. The Kier molecular flexibility index (Phi) is 14.0. The van der Waals surface area contributed by atoms with Crippen molar-refractivity contribution < 1.29 is 125 Å². The number of carbonyl (C=O) groups is 6. The summed E-state index contributed by atoms with van der Waals surface area (Å²) in [6.45, 7) is 0. The van der Waals surface area contributed by atoms with Gasteiger partial charge >= 0.3 is 65.2 Å². The number of hydrogen-bond acceptors (Lipinski definition) is 12. The van der Waals surface area contributed by atoms with Gasteiger partial charge in [0, 0.05) is 11.1 Å². The maximum absolute atomic E-state index is 11.0. The van der Waals surface area contributed by atoms with Gasteiger partial charge in [-0.2, -0.15) is 0 Å². The zero-order valence-electron chi connectivity index (χ0n) is 20.2. The van der Waals surface area contributed by atoms with E-state index in [2.05, 4.69) is 0 Å². The van der Waals surface area contributed by atoms with Gasteiger partial charge in [-0.05, 0) is 80.2 Å². The Bertz CT molecular complexity index is 1570. The molecule has 41 heavy (non-hydrogen) atoms. The van der Waals surface area contributed by atoms with Crippen LogP contribution < -0.4 is 30.6 Å². The molecule has 0 unspecified atom stereocenters. The molecule has 0 bridgehead atoms. The molecule has 0 amide bonds. The number of fused-ring (bicyclic) bond motifs is 2. The van der Waals surface area contributed by atoms with Crippen LogP contribution in [-0.4, -0.2) is 35.8 Å². The average Bonchev–Trinajstić information content (AvgIpc) is 2.86. The van der Waals surface area contributed by atoms with Gasteiger partial charge in [0.05, 0.1) is 35.8 Å². The Morgan fingerprint density at radius 2 is 0.659 bits per heavy atom. The van der Waals surface area contributed by atoms with Crippen LogP contribution in [0.25, 0.3) is 21.5 Å². The summed E-state index contributed by atoms with van der Waals surface area (Å²) in [5, 5.41) is 65.6. The van der Waals surface area contributed by atoms with Gasteiger partial charge in [0.25, 0.3) is 0 Å². The van der Waals surface area contributed by atoms with E-state index < -0.39 is 46.9 Å². The van der Waals surface area contributed by atoms with Crippen LogP contribution in [0.2, 0.25) is 0 Å². The molecule has 4 aromatic carbocycles. The van der Waals surface area contributed by atoms with Crippen LogP contribution in [0.15, 0.2) is 60.7 Å². The third-order valence-corrected chi connectivity index (χ3v) is 5.29. The second kappa shape index (κ2) is 15.4. The molecule has 0 aromatic heterocycles. The molecule has 4 rings (SSSR count). The molecule has 0 heterocycles. The number of hydrogen-bond donors (Lipinski definition) is 0. The number of carbonyl (C=O) groups excluding carboxylic acids is 6. The van der Waals surface area contributed by atoms with Crippen LogP contribution in [0.3, 0.4) is 0 Å². The topological polar surface area (TPSA) is 241 Å². The van der Waals surface area contributed by atoms with Gasteiger partial charge in [0.1, 0.15) is 0 Å². The first-order valence-corrected chi connectivity index (χ1v) is 10.2. The number of carboxylic acids is 6. The Hall–Kier alpha value is -3.64. The van der Waals surface area contributed by atoms with E-state index in [9.17, 15) is 59.4 Å². The van der Waals surface area contributed by atoms with Crippen molar-refractivity contribution in [3.8, 4) is 0 Å². The van der Waals surface area contributed by atoms with E-state index in [1.807, 2.05) is 0 Å². The van der Waals surface area contributed by atoms with Gasteiger partial charge in [0.2, 0.25) is 0 Å². The van der Waals surface area contributed by atoms with E-state index in [0.29, 0.717) is 0 Å². The van der Waals surface area contributed by atoms with Crippen molar-refractivity contribution in [2.24, 2.45) is 0 Å². The van der Waals surface area contributed by atoms with E-state index in [-0.39, 0.29) is 109 Å². The molecule has 0 fully saturated rings. The summed E-state index contributed by atoms with van der Waals surface area (Å²) in [7, 11) is 0. The number of rotatable bonds is 6. The summed E-state index contributed by atoms with van der Waals surface area (Å²) in [4.78, 5) is 64.9. The molecule has 0 atom stereocenters. The van der Waals surface area contributed by atoms with Gasteiger partial charge in [-0.1, -0.05) is 24.3 Å². The number of aromatic carboxylic acids is 6. The fraction of sp³-hybridized carbons (Fsp3) is 0. The first kappa shape index (κ1) is 37.4. The van der Waals surface area contributed by atoms with Crippen LogP contribution in [0.5, 0.6) is 0 Å². The van der Waals surface area contributed by atoms with Gasteiger partial charge in [-0.15, -0.1) is 0 Å². The molecule has 12 nitrogen and oxygen atoms in total. The first-order chi connectivity index (χ1) is 17.8. The van der Waals surface area contributed by atoms with Crippen molar-refractivity contribution in [3.63, 3.8) is 0 Å². The Morgan fingerprint density at radius 3 is 0.902 bits per heavy atom. The maximum atomic E-state index is 11.0. The molecule has 0 aliphatic heterocycles. The standard InChI is InChI=1S/2C13H8O6.3Ti/c2*14-11(15)7-2-1-6-3-8(12(16)17)5-10(13(18)19)9(6)4-7;;;/h2*1-5H,(H,14,15)(H,16,17)(H,18,19);;;/q;;3*+2/p-6. The van der Waals surface area contributed by atoms with Crippen LogP contribution in [0.1, 0.15) is 62.1 Å². The van der Waals surface area contributed by atoms with Gasteiger partial charge in [-0.25, -0.2) is 0 Å². The molecule has 15 heteroatoms. The predicted molar refractivity (Wildman–Crippen MR) is 114 cm³/mol. The first-order valence-electron chi connectivity index (χ1n) is 10.2. The van der Waals surface area contributed by atoms with E-state index in [4.69, 9.17) is 0 Å². The van der Waals surface area contributed by atoms with E-state index >= 15 is 0 Å². The second-order valence-corrected chi connectivity index (χ2v) is 7.64. The van der Waals surface area contributed by atoms with E-state index in [1.165, 1.54) is 36.4 Å². The van der Waals surface area contributed by atoms with Crippen molar-refractivity contribution >= 4 is 57.4 Å². The smallest absolute Gasteiger partial charge is 0.545 e. The molecule has 0 saturated carbocycles. The SMILES string of the molecule is O=C([O-])c1cc(C(=O)[O-])c2cc(C(=O)[O-])ccc2c1.O=C([O-])c1cc(C(=O)[O-])c2cc(C(=O)[O-])ccc2c1.[Ti+2].[Ti+2].[Ti+2]. The Labute approximate surface area is 274 Å². The third-order valence-electron chi connectivity index (χ3n) is 5.29. The molecular formula is C26H10O12Ti3. The third kappa shape index (κ3) is 8.67. The summed E-state index contributed by atoms with van der Waals surface area (Å²) >= 11 is 0.